The summed E-state index contributed by atoms with van der Waals surface area (Å²) in [6, 6.07) is 8.79. The number of hydrogen-bond donors (Lipinski definition) is 1. The van der Waals surface area contributed by atoms with Crippen LogP contribution in [0.3, 0.4) is 0 Å². The molecule has 1 aliphatic carbocycles. The minimum atomic E-state index is -0.183. The van der Waals surface area contributed by atoms with Crippen molar-refractivity contribution in [2.24, 2.45) is 5.92 Å². The zero-order valence-electron chi connectivity index (χ0n) is 18.0. The van der Waals surface area contributed by atoms with E-state index in [1.54, 1.807) is 25.1 Å². The summed E-state index contributed by atoms with van der Waals surface area (Å²) in [5.74, 6) is 0.548. The summed E-state index contributed by atoms with van der Waals surface area (Å²) in [5.41, 5.74) is 1.62. The Kier molecular flexibility index (Phi) is 5.85. The van der Waals surface area contributed by atoms with Gasteiger partial charge in [-0.3, -0.25) is 9.59 Å². The molecule has 0 bridgehead atoms. The minimum absolute atomic E-state index is 0.00924. The number of carbonyl (C=O) groups excluding carboxylic acids is 1. The number of halogens is 2. The van der Waals surface area contributed by atoms with Gasteiger partial charge in [0.1, 0.15) is 21.8 Å². The van der Waals surface area contributed by atoms with Gasteiger partial charge in [0.05, 0.1) is 16.1 Å². The summed E-state index contributed by atoms with van der Waals surface area (Å²) in [6.45, 7) is 2.27. The summed E-state index contributed by atoms with van der Waals surface area (Å²) in [5, 5.41) is 9.21. The van der Waals surface area contributed by atoms with E-state index in [2.05, 4.69) is 15.5 Å². The highest BCUT2D eigenvalue weighted by Gasteiger charge is 2.28. The first-order valence-corrected chi connectivity index (χ1v) is 11.7. The van der Waals surface area contributed by atoms with Crippen LogP contribution >= 0.6 is 23.2 Å². The van der Waals surface area contributed by atoms with Gasteiger partial charge in [0.15, 0.2) is 0 Å². The molecule has 33 heavy (non-hydrogen) atoms. The lowest BCUT2D eigenvalue weighted by Gasteiger charge is -2.31. The van der Waals surface area contributed by atoms with Crippen molar-refractivity contribution in [2.75, 3.05) is 6.54 Å². The van der Waals surface area contributed by atoms with Gasteiger partial charge in [0, 0.05) is 24.2 Å². The van der Waals surface area contributed by atoms with Crippen molar-refractivity contribution in [3.05, 3.63) is 68.4 Å². The van der Waals surface area contributed by atoms with E-state index in [9.17, 15) is 9.59 Å². The first-order chi connectivity index (χ1) is 15.9. The molecular weight excluding hydrogens is 463 g/mol. The normalized spacial score (nSPS) is 18.6. The Hall–Kier alpha value is -2.90. The number of nitrogens with zero attached hydrogens (tertiary/aromatic N) is 3. The number of carbonyl (C=O) groups is 1. The van der Waals surface area contributed by atoms with Crippen LogP contribution in [0.1, 0.15) is 47.8 Å². The molecule has 1 fully saturated rings. The number of benzene rings is 1. The highest BCUT2D eigenvalue weighted by atomic mass is 35.5. The third-order valence-electron chi connectivity index (χ3n) is 6.44. The lowest BCUT2D eigenvalue weighted by atomic mass is 9.85. The van der Waals surface area contributed by atoms with Crippen LogP contribution in [0, 0.1) is 12.8 Å². The molecule has 3 aromatic heterocycles. The van der Waals surface area contributed by atoms with Crippen LogP contribution in [0.2, 0.25) is 10.2 Å². The minimum Gasteiger partial charge on any atom is -0.360 e. The van der Waals surface area contributed by atoms with Crippen molar-refractivity contribution in [1.82, 2.24) is 20.0 Å². The molecule has 1 unspecified atom stereocenters. The van der Waals surface area contributed by atoms with Crippen molar-refractivity contribution >= 4 is 50.9 Å². The van der Waals surface area contributed by atoms with E-state index in [-0.39, 0.29) is 23.4 Å². The van der Waals surface area contributed by atoms with E-state index in [0.29, 0.717) is 38.9 Å². The molecule has 3 heterocycles. The molecule has 4 aromatic rings. The average Bonchev–Trinajstić information content (AvgIpc) is 3.20. The number of pyridine rings is 2. The molecule has 0 radical (unpaired) electrons. The van der Waals surface area contributed by atoms with Gasteiger partial charge in [0.25, 0.3) is 11.5 Å². The van der Waals surface area contributed by atoms with Crippen LogP contribution in [-0.4, -0.2) is 27.2 Å². The maximum atomic E-state index is 13.6. The molecule has 7 nitrogen and oxygen atoms in total. The van der Waals surface area contributed by atoms with E-state index in [4.69, 9.17) is 27.7 Å². The molecule has 1 saturated carbocycles. The maximum Gasteiger partial charge on any atom is 0.264 e. The fourth-order valence-electron chi connectivity index (χ4n) is 4.87. The molecule has 1 N–H and O–H groups in total. The third kappa shape index (κ3) is 4.00. The summed E-state index contributed by atoms with van der Waals surface area (Å²) in [6.07, 6.45) is 5.06. The molecular formula is C24H22Cl2N4O3. The second-order valence-electron chi connectivity index (χ2n) is 8.54. The zero-order chi connectivity index (χ0) is 23.1. The number of aromatic nitrogens is 3. The first kappa shape index (κ1) is 21.9. The fourth-order valence-corrected chi connectivity index (χ4v) is 5.24. The number of rotatable bonds is 4. The number of nitrogens with one attached hydrogen (secondary N) is 1. The Bertz CT molecular complexity index is 1410. The van der Waals surface area contributed by atoms with Gasteiger partial charge in [-0.2, -0.15) is 0 Å². The van der Waals surface area contributed by atoms with E-state index in [1.807, 2.05) is 16.7 Å². The van der Waals surface area contributed by atoms with Crippen LogP contribution < -0.4 is 10.9 Å². The average molecular weight is 485 g/mol. The summed E-state index contributed by atoms with van der Waals surface area (Å²) < 4.78 is 7.21. The number of aryl methyl sites for hydroxylation is 1. The molecule has 1 aromatic carbocycles. The standard InChI is InChI=1S/C24H22Cl2N4O3/c1-13-20-22(29-33-13)21-17(25)6-3-7-18(21)30(24(20)32)16-5-2-4-14(10-16)11-28-23(31)15-8-9-19(26)27-12-15/h3,6-9,12,14,16H,2,4-5,10-11H2,1H3,(H,28,31)/t14?,16-/m0/s1. The van der Waals surface area contributed by atoms with E-state index in [1.165, 1.54) is 6.20 Å². The lowest BCUT2D eigenvalue weighted by Crippen LogP contribution is -2.34. The molecule has 2 atom stereocenters. The number of hydrogen-bond acceptors (Lipinski definition) is 5. The van der Waals surface area contributed by atoms with Gasteiger partial charge < -0.3 is 14.4 Å². The number of amides is 1. The summed E-state index contributed by atoms with van der Waals surface area (Å²) in [4.78, 5) is 30.0. The van der Waals surface area contributed by atoms with Gasteiger partial charge in [-0.1, -0.05) is 40.8 Å². The van der Waals surface area contributed by atoms with Gasteiger partial charge >= 0.3 is 0 Å². The van der Waals surface area contributed by atoms with Crippen molar-refractivity contribution < 1.29 is 9.32 Å². The van der Waals surface area contributed by atoms with Crippen LogP contribution in [0.15, 0.2) is 45.8 Å². The summed E-state index contributed by atoms with van der Waals surface area (Å²) >= 11 is 12.3. The van der Waals surface area contributed by atoms with E-state index in [0.717, 1.165) is 36.6 Å². The fraction of sp³-hybridized carbons (Fsp3) is 0.333. The predicted octanol–water partition coefficient (Wildman–Crippen LogP) is 5.31. The number of fused-ring (bicyclic) bond motifs is 3. The summed E-state index contributed by atoms with van der Waals surface area (Å²) in [7, 11) is 0. The van der Waals surface area contributed by atoms with Gasteiger partial charge in [0.2, 0.25) is 0 Å². The SMILES string of the molecule is Cc1onc2c1c(=O)n([C@H]1CCCC(CNC(=O)c3ccc(Cl)nc3)C1)c1cccc(Cl)c21. The Morgan fingerprint density at radius 1 is 1.21 bits per heavy atom. The Balaban J connectivity index is 1.44. The second-order valence-corrected chi connectivity index (χ2v) is 9.33. The topological polar surface area (TPSA) is 90.0 Å². The van der Waals surface area contributed by atoms with Crippen LogP contribution in [0.4, 0.5) is 0 Å². The molecule has 5 rings (SSSR count). The van der Waals surface area contributed by atoms with Gasteiger partial charge in [-0.15, -0.1) is 0 Å². The largest absolute Gasteiger partial charge is 0.360 e. The first-order valence-electron chi connectivity index (χ1n) is 10.9. The Morgan fingerprint density at radius 2 is 2.06 bits per heavy atom. The van der Waals surface area contributed by atoms with E-state index < -0.39 is 0 Å². The third-order valence-corrected chi connectivity index (χ3v) is 6.98. The predicted molar refractivity (Wildman–Crippen MR) is 128 cm³/mol. The molecule has 0 spiro atoms. The Labute approximate surface area is 199 Å². The second kappa shape index (κ2) is 8.80. The molecule has 0 saturated heterocycles. The molecule has 9 heteroatoms. The monoisotopic (exact) mass is 484 g/mol. The molecule has 1 aliphatic rings. The van der Waals surface area contributed by atoms with Gasteiger partial charge in [-0.25, -0.2) is 4.98 Å². The lowest BCUT2D eigenvalue weighted by molar-refractivity contribution is 0.0940. The zero-order valence-corrected chi connectivity index (χ0v) is 19.5. The van der Waals surface area contributed by atoms with Crippen LogP contribution in [0.5, 0.6) is 0 Å². The smallest absolute Gasteiger partial charge is 0.264 e. The quantitative estimate of drug-likeness (QED) is 0.396. The molecule has 1 amide bonds. The highest BCUT2D eigenvalue weighted by Crippen LogP contribution is 2.36. The molecule has 170 valence electrons. The van der Waals surface area contributed by atoms with E-state index >= 15 is 0 Å². The van der Waals surface area contributed by atoms with Crippen molar-refractivity contribution in [3.8, 4) is 0 Å². The molecule has 0 aliphatic heterocycles. The van der Waals surface area contributed by atoms with Crippen molar-refractivity contribution in [1.29, 1.82) is 0 Å². The van der Waals surface area contributed by atoms with Gasteiger partial charge in [-0.05, 0) is 56.4 Å². The Morgan fingerprint density at radius 3 is 2.85 bits per heavy atom. The maximum absolute atomic E-state index is 13.6. The van der Waals surface area contributed by atoms with Crippen molar-refractivity contribution in [3.63, 3.8) is 0 Å². The van der Waals surface area contributed by atoms with Crippen LogP contribution in [0.25, 0.3) is 21.8 Å². The van der Waals surface area contributed by atoms with Crippen molar-refractivity contribution in [2.45, 2.75) is 38.6 Å². The van der Waals surface area contributed by atoms with Crippen LogP contribution in [-0.2, 0) is 0 Å². The highest BCUT2D eigenvalue weighted by molar-refractivity contribution is 6.37.